The van der Waals surface area contributed by atoms with Gasteiger partial charge in [0.2, 0.25) is 0 Å². The zero-order chi connectivity index (χ0) is 16.9. The summed E-state index contributed by atoms with van der Waals surface area (Å²) >= 11 is 3.59. The zero-order valence-electron chi connectivity index (χ0n) is 14.2. The molecule has 0 N–H and O–H groups in total. The molecular weight excluding hydrogens is 372 g/mol. The molecule has 2 heterocycles. The van der Waals surface area contributed by atoms with Gasteiger partial charge in [-0.1, -0.05) is 22.0 Å². The highest BCUT2D eigenvalue weighted by atomic mass is 79.9. The SMILES string of the molecule is COC(=O)C1CCCN(Cc2ccc(Br)cc2N2CCOCC2)C1. The number of rotatable bonds is 4. The van der Waals surface area contributed by atoms with Gasteiger partial charge in [-0.15, -0.1) is 0 Å². The molecule has 0 amide bonds. The molecule has 1 aromatic carbocycles. The fourth-order valence-corrected chi connectivity index (χ4v) is 3.92. The van der Waals surface area contributed by atoms with Gasteiger partial charge in [0.15, 0.2) is 0 Å². The second kappa shape index (κ2) is 8.32. The van der Waals surface area contributed by atoms with Crippen molar-refractivity contribution in [1.82, 2.24) is 4.90 Å². The van der Waals surface area contributed by atoms with Crippen molar-refractivity contribution in [3.63, 3.8) is 0 Å². The molecule has 1 atom stereocenters. The van der Waals surface area contributed by atoms with Crippen LogP contribution in [0.2, 0.25) is 0 Å². The molecule has 0 radical (unpaired) electrons. The summed E-state index contributed by atoms with van der Waals surface area (Å²) in [5, 5.41) is 0. The Morgan fingerprint density at radius 2 is 2.12 bits per heavy atom. The number of likely N-dealkylation sites (tertiary alicyclic amines) is 1. The summed E-state index contributed by atoms with van der Waals surface area (Å²) in [5.74, 6) is -0.0741. The zero-order valence-corrected chi connectivity index (χ0v) is 15.8. The highest BCUT2D eigenvalue weighted by molar-refractivity contribution is 9.10. The van der Waals surface area contributed by atoms with Gasteiger partial charge in [-0.25, -0.2) is 0 Å². The molecule has 1 aromatic rings. The Morgan fingerprint density at radius 1 is 1.33 bits per heavy atom. The fourth-order valence-electron chi connectivity index (χ4n) is 3.57. The molecule has 2 aliphatic heterocycles. The van der Waals surface area contributed by atoms with E-state index in [4.69, 9.17) is 9.47 Å². The second-order valence-corrected chi connectivity index (χ2v) is 7.39. The van der Waals surface area contributed by atoms with Gasteiger partial charge < -0.3 is 14.4 Å². The van der Waals surface area contributed by atoms with E-state index in [-0.39, 0.29) is 11.9 Å². The molecular formula is C18H25BrN2O3. The molecule has 2 aliphatic rings. The Balaban J connectivity index is 1.73. The number of piperidine rings is 1. The molecule has 0 bridgehead atoms. The number of anilines is 1. The Hall–Kier alpha value is -1.11. The van der Waals surface area contributed by atoms with Crippen molar-refractivity contribution >= 4 is 27.6 Å². The maximum absolute atomic E-state index is 11.8. The molecule has 24 heavy (non-hydrogen) atoms. The van der Waals surface area contributed by atoms with E-state index in [1.807, 2.05) is 0 Å². The molecule has 132 valence electrons. The number of benzene rings is 1. The molecule has 5 nitrogen and oxygen atoms in total. The van der Waals surface area contributed by atoms with Crippen LogP contribution in [-0.4, -0.2) is 57.4 Å². The molecule has 0 saturated carbocycles. The van der Waals surface area contributed by atoms with Crippen LogP contribution in [-0.2, 0) is 20.8 Å². The number of carbonyl (C=O) groups excluding carboxylic acids is 1. The molecule has 3 rings (SSSR count). The average molecular weight is 397 g/mol. The van der Waals surface area contributed by atoms with Crippen molar-refractivity contribution < 1.29 is 14.3 Å². The smallest absolute Gasteiger partial charge is 0.309 e. The third kappa shape index (κ3) is 4.29. The minimum Gasteiger partial charge on any atom is -0.469 e. The van der Waals surface area contributed by atoms with E-state index in [2.05, 4.69) is 43.9 Å². The number of esters is 1. The lowest BCUT2D eigenvalue weighted by Gasteiger charge is -2.34. The lowest BCUT2D eigenvalue weighted by molar-refractivity contribution is -0.147. The van der Waals surface area contributed by atoms with Crippen LogP contribution in [0.3, 0.4) is 0 Å². The first kappa shape index (κ1) is 17.7. The second-order valence-electron chi connectivity index (χ2n) is 6.47. The summed E-state index contributed by atoms with van der Waals surface area (Å²) in [7, 11) is 1.48. The lowest BCUT2D eigenvalue weighted by atomic mass is 9.97. The van der Waals surface area contributed by atoms with Crippen LogP contribution in [0.4, 0.5) is 5.69 Å². The largest absolute Gasteiger partial charge is 0.469 e. The first-order valence-corrected chi connectivity index (χ1v) is 9.38. The van der Waals surface area contributed by atoms with E-state index in [1.54, 1.807) is 0 Å². The van der Waals surface area contributed by atoms with E-state index in [9.17, 15) is 4.79 Å². The maximum Gasteiger partial charge on any atom is 0.309 e. The van der Waals surface area contributed by atoms with E-state index >= 15 is 0 Å². The first-order valence-electron chi connectivity index (χ1n) is 8.58. The van der Waals surface area contributed by atoms with Gasteiger partial charge in [0, 0.05) is 36.3 Å². The van der Waals surface area contributed by atoms with Gasteiger partial charge in [-0.2, -0.15) is 0 Å². The third-order valence-corrected chi connectivity index (χ3v) is 5.33. The number of carbonyl (C=O) groups is 1. The van der Waals surface area contributed by atoms with E-state index < -0.39 is 0 Å². The molecule has 2 saturated heterocycles. The van der Waals surface area contributed by atoms with E-state index in [0.717, 1.165) is 63.3 Å². The summed E-state index contributed by atoms with van der Waals surface area (Å²) < 4.78 is 11.5. The van der Waals surface area contributed by atoms with Crippen molar-refractivity contribution in [3.05, 3.63) is 28.2 Å². The van der Waals surface area contributed by atoms with Crippen LogP contribution < -0.4 is 4.90 Å². The van der Waals surface area contributed by atoms with Gasteiger partial charge in [0.05, 0.1) is 26.2 Å². The predicted octanol–water partition coefficient (Wildman–Crippen LogP) is 2.67. The highest BCUT2D eigenvalue weighted by Gasteiger charge is 2.27. The van der Waals surface area contributed by atoms with Crippen LogP contribution in [0.1, 0.15) is 18.4 Å². The summed E-state index contributed by atoms with van der Waals surface area (Å²) in [6.45, 7) is 6.09. The molecule has 2 fully saturated rings. The number of ether oxygens (including phenoxy) is 2. The molecule has 6 heteroatoms. The summed E-state index contributed by atoms with van der Waals surface area (Å²) in [4.78, 5) is 16.6. The summed E-state index contributed by atoms with van der Waals surface area (Å²) in [5.41, 5.74) is 2.58. The quantitative estimate of drug-likeness (QED) is 0.731. The summed E-state index contributed by atoms with van der Waals surface area (Å²) in [6, 6.07) is 6.49. The fraction of sp³-hybridized carbons (Fsp3) is 0.611. The Kier molecular flexibility index (Phi) is 6.14. The number of nitrogens with zero attached hydrogens (tertiary/aromatic N) is 2. The normalized spacial score (nSPS) is 22.4. The van der Waals surface area contributed by atoms with Crippen molar-refractivity contribution in [1.29, 1.82) is 0 Å². The Labute approximate surface area is 152 Å². The molecule has 0 aliphatic carbocycles. The van der Waals surface area contributed by atoms with Crippen molar-refractivity contribution in [2.24, 2.45) is 5.92 Å². The number of halogens is 1. The summed E-state index contributed by atoms with van der Waals surface area (Å²) in [6.07, 6.45) is 1.98. The van der Waals surface area contributed by atoms with Gasteiger partial charge in [-0.05, 0) is 37.1 Å². The van der Waals surface area contributed by atoms with Crippen LogP contribution >= 0.6 is 15.9 Å². The van der Waals surface area contributed by atoms with Crippen molar-refractivity contribution in [2.45, 2.75) is 19.4 Å². The van der Waals surface area contributed by atoms with Crippen LogP contribution in [0.15, 0.2) is 22.7 Å². The average Bonchev–Trinajstić information content (AvgIpc) is 2.63. The minimum atomic E-state index is -0.0797. The topological polar surface area (TPSA) is 42.0 Å². The van der Waals surface area contributed by atoms with Crippen molar-refractivity contribution in [3.8, 4) is 0 Å². The van der Waals surface area contributed by atoms with Gasteiger partial charge in [-0.3, -0.25) is 9.69 Å². The predicted molar refractivity (Wildman–Crippen MR) is 97.2 cm³/mol. The van der Waals surface area contributed by atoms with Crippen molar-refractivity contribution in [2.75, 3.05) is 51.4 Å². The Bertz CT molecular complexity index is 575. The van der Waals surface area contributed by atoms with Gasteiger partial charge >= 0.3 is 5.97 Å². The number of hydrogen-bond donors (Lipinski definition) is 0. The molecule has 0 aromatic heterocycles. The molecule has 0 spiro atoms. The molecule has 1 unspecified atom stereocenters. The van der Waals surface area contributed by atoms with Crippen LogP contribution in [0.5, 0.6) is 0 Å². The van der Waals surface area contributed by atoms with E-state index in [1.165, 1.54) is 18.4 Å². The highest BCUT2D eigenvalue weighted by Crippen LogP contribution is 2.29. The minimum absolute atomic E-state index is 0.00559. The number of morpholine rings is 1. The first-order chi connectivity index (χ1) is 11.7. The standard InChI is InChI=1S/C18H25BrN2O3/c1-23-18(22)15-3-2-6-20(13-15)12-14-4-5-16(19)11-17(14)21-7-9-24-10-8-21/h4-5,11,15H,2-3,6-10,12-13H2,1H3. The number of hydrogen-bond acceptors (Lipinski definition) is 5. The van der Waals surface area contributed by atoms with Crippen LogP contribution in [0, 0.1) is 5.92 Å². The Morgan fingerprint density at radius 3 is 2.88 bits per heavy atom. The van der Waals surface area contributed by atoms with Gasteiger partial charge in [0.1, 0.15) is 0 Å². The third-order valence-electron chi connectivity index (χ3n) is 4.83. The number of methoxy groups -OCH3 is 1. The lowest BCUT2D eigenvalue weighted by Crippen LogP contribution is -2.40. The van der Waals surface area contributed by atoms with E-state index in [0.29, 0.717) is 0 Å². The van der Waals surface area contributed by atoms with Gasteiger partial charge in [0.25, 0.3) is 0 Å². The monoisotopic (exact) mass is 396 g/mol. The maximum atomic E-state index is 11.8. The van der Waals surface area contributed by atoms with Crippen LogP contribution in [0.25, 0.3) is 0 Å².